The molecule has 6 heteroatoms. The average molecular weight is 574 g/mol. The van der Waals surface area contributed by atoms with Crippen LogP contribution in [0.1, 0.15) is 36.8 Å². The Kier molecular flexibility index (Phi) is 15.4. The zero-order valence-corrected chi connectivity index (χ0v) is 24.5. The van der Waals surface area contributed by atoms with E-state index in [-0.39, 0.29) is 70.8 Å². The maximum Gasteiger partial charge on any atom is 0.0700 e. The molecule has 1 aliphatic rings. The van der Waals surface area contributed by atoms with Gasteiger partial charge in [-0.2, -0.15) is 59.7 Å². The Bertz CT molecular complexity index is 690. The first-order valence-corrected chi connectivity index (χ1v) is 10.5. The van der Waals surface area contributed by atoms with Gasteiger partial charge in [-0.25, -0.2) is 0 Å². The number of benzene rings is 2. The van der Waals surface area contributed by atoms with Crippen LogP contribution in [0.15, 0.2) is 36.4 Å². The molecule has 0 N–H and O–H groups in total. The van der Waals surface area contributed by atoms with E-state index >= 15 is 0 Å². The minimum absolute atomic E-state index is 0. The number of hydrogen-bond acceptors (Lipinski definition) is 4. The number of fused-ring (bicyclic) bond motifs is 3. The molecular formula is C25H32O4Y2-2. The third kappa shape index (κ3) is 7.75. The molecule has 2 aromatic rings. The van der Waals surface area contributed by atoms with Crippen molar-refractivity contribution < 1.29 is 84.4 Å². The summed E-state index contributed by atoms with van der Waals surface area (Å²) in [6.45, 7) is 4.05. The molecule has 0 bridgehead atoms. The Morgan fingerprint density at radius 2 is 1.13 bits per heavy atom. The van der Waals surface area contributed by atoms with E-state index < -0.39 is 0 Å². The van der Waals surface area contributed by atoms with E-state index in [1.54, 1.807) is 14.2 Å². The zero-order valence-electron chi connectivity index (χ0n) is 18.8. The molecule has 0 saturated carbocycles. The fourth-order valence-corrected chi connectivity index (χ4v) is 4.37. The molecule has 164 valence electrons. The van der Waals surface area contributed by atoms with Crippen LogP contribution in [0.4, 0.5) is 0 Å². The molecule has 1 aliphatic carbocycles. The fraction of sp³-hybridized carbons (Fsp3) is 0.520. The SMILES string of the molecule is COCCOCCCC1(CCCOCCOC)c2c[c-]ccc2-c2cc[c-]cc21.[Y].[Y]. The molecule has 0 fully saturated rings. The first-order chi connectivity index (χ1) is 14.3. The van der Waals surface area contributed by atoms with Gasteiger partial charge >= 0.3 is 0 Å². The molecule has 31 heavy (non-hydrogen) atoms. The second kappa shape index (κ2) is 16.2. The largest absolute Gasteiger partial charge is 0.382 e. The molecule has 0 unspecified atom stereocenters. The fourth-order valence-electron chi connectivity index (χ4n) is 4.37. The van der Waals surface area contributed by atoms with Gasteiger partial charge < -0.3 is 18.9 Å². The van der Waals surface area contributed by atoms with Crippen molar-refractivity contribution in [3.8, 4) is 11.1 Å². The van der Waals surface area contributed by atoms with Crippen LogP contribution in [0.25, 0.3) is 11.1 Å². The monoisotopic (exact) mass is 574 g/mol. The topological polar surface area (TPSA) is 36.9 Å². The Hall–Kier alpha value is 0.488. The summed E-state index contributed by atoms with van der Waals surface area (Å²) in [5.74, 6) is 0. The molecule has 4 nitrogen and oxygen atoms in total. The van der Waals surface area contributed by atoms with Gasteiger partial charge in [-0.05, 0) is 12.8 Å². The summed E-state index contributed by atoms with van der Waals surface area (Å²) in [6, 6.07) is 19.4. The summed E-state index contributed by atoms with van der Waals surface area (Å²) in [7, 11) is 3.40. The van der Waals surface area contributed by atoms with E-state index in [4.69, 9.17) is 18.9 Å². The van der Waals surface area contributed by atoms with Crippen molar-refractivity contribution in [2.24, 2.45) is 0 Å². The van der Waals surface area contributed by atoms with Crippen LogP contribution >= 0.6 is 0 Å². The predicted molar refractivity (Wildman–Crippen MR) is 114 cm³/mol. The summed E-state index contributed by atoms with van der Waals surface area (Å²) in [4.78, 5) is 0. The smallest absolute Gasteiger partial charge is 0.0700 e. The Morgan fingerprint density at radius 3 is 1.55 bits per heavy atom. The number of hydrogen-bond donors (Lipinski definition) is 0. The zero-order chi connectivity index (χ0) is 20.4. The number of methoxy groups -OCH3 is 2. The van der Waals surface area contributed by atoms with Gasteiger partial charge in [0.2, 0.25) is 0 Å². The Labute approximate surface area is 237 Å². The van der Waals surface area contributed by atoms with Crippen molar-refractivity contribution in [2.75, 3.05) is 53.9 Å². The van der Waals surface area contributed by atoms with Gasteiger partial charge in [0.1, 0.15) is 0 Å². The molecule has 0 spiro atoms. The van der Waals surface area contributed by atoms with Crippen molar-refractivity contribution >= 4 is 0 Å². The van der Waals surface area contributed by atoms with E-state index in [1.807, 2.05) is 12.1 Å². The summed E-state index contributed by atoms with van der Waals surface area (Å²) in [6.07, 6.45) is 4.06. The first-order valence-electron chi connectivity index (χ1n) is 10.5. The molecule has 2 radical (unpaired) electrons. The van der Waals surface area contributed by atoms with Gasteiger partial charge in [0.05, 0.1) is 26.4 Å². The second-order valence-corrected chi connectivity index (χ2v) is 7.44. The normalized spacial score (nSPS) is 13.1. The van der Waals surface area contributed by atoms with E-state index in [0.29, 0.717) is 26.4 Å². The maximum atomic E-state index is 5.75. The van der Waals surface area contributed by atoms with Gasteiger partial charge in [-0.1, -0.05) is 18.3 Å². The molecular weight excluding hydrogens is 542 g/mol. The molecule has 0 heterocycles. The molecule has 0 aromatic heterocycles. The van der Waals surface area contributed by atoms with Crippen molar-refractivity contribution in [2.45, 2.75) is 31.1 Å². The van der Waals surface area contributed by atoms with Crippen LogP contribution in [0.3, 0.4) is 0 Å². The molecule has 0 saturated heterocycles. The standard InChI is InChI=1S/C25H32O4.2Y/c1-26-17-19-28-15-7-13-25(14-8-16-29-20-18-27-2)23-11-5-3-9-21(23)22-10-4-6-12-24(22)25;;/h3-4,9-12H,7-8,13-20H2,1-2H3;;/q-2;;. The number of ether oxygens (including phenoxy) is 4. The minimum atomic E-state index is -0.0323. The summed E-state index contributed by atoms with van der Waals surface area (Å²) in [5, 5.41) is 0. The average Bonchev–Trinajstić information content (AvgIpc) is 3.04. The Balaban J connectivity index is 0.00000240. The van der Waals surface area contributed by atoms with Crippen molar-refractivity contribution in [1.82, 2.24) is 0 Å². The number of rotatable bonds is 14. The summed E-state index contributed by atoms with van der Waals surface area (Å²) < 4.78 is 21.6. The van der Waals surface area contributed by atoms with Crippen molar-refractivity contribution in [1.29, 1.82) is 0 Å². The predicted octanol–water partition coefficient (Wildman–Crippen LogP) is 4.43. The molecule has 0 atom stereocenters. The molecule has 0 amide bonds. The second-order valence-electron chi connectivity index (χ2n) is 7.44. The van der Waals surface area contributed by atoms with Crippen LogP contribution in [-0.4, -0.2) is 53.9 Å². The molecule has 2 aromatic carbocycles. The van der Waals surface area contributed by atoms with Gasteiger partial charge in [-0.15, -0.1) is 11.1 Å². The summed E-state index contributed by atoms with van der Waals surface area (Å²) in [5.41, 5.74) is 5.38. The van der Waals surface area contributed by atoms with Gasteiger partial charge in [0.25, 0.3) is 0 Å². The van der Waals surface area contributed by atoms with Crippen LogP contribution in [0, 0.1) is 12.1 Å². The minimum Gasteiger partial charge on any atom is -0.382 e. The summed E-state index contributed by atoms with van der Waals surface area (Å²) >= 11 is 0. The van der Waals surface area contributed by atoms with E-state index in [1.165, 1.54) is 22.3 Å². The van der Waals surface area contributed by atoms with Gasteiger partial charge in [-0.3, -0.25) is 0 Å². The van der Waals surface area contributed by atoms with Crippen LogP contribution in [0.5, 0.6) is 0 Å². The third-order valence-corrected chi connectivity index (χ3v) is 5.70. The van der Waals surface area contributed by atoms with E-state index in [0.717, 1.165) is 38.9 Å². The van der Waals surface area contributed by atoms with E-state index in [9.17, 15) is 0 Å². The van der Waals surface area contributed by atoms with Crippen LogP contribution in [-0.2, 0) is 89.8 Å². The quantitative estimate of drug-likeness (QED) is 0.247. The Morgan fingerprint density at radius 1 is 0.677 bits per heavy atom. The third-order valence-electron chi connectivity index (χ3n) is 5.70. The first kappa shape index (κ1) is 29.5. The van der Waals surface area contributed by atoms with Crippen LogP contribution in [0.2, 0.25) is 0 Å². The van der Waals surface area contributed by atoms with E-state index in [2.05, 4.69) is 36.4 Å². The van der Waals surface area contributed by atoms with Crippen molar-refractivity contribution in [3.63, 3.8) is 0 Å². The van der Waals surface area contributed by atoms with Gasteiger partial charge in [0.15, 0.2) is 0 Å². The molecule has 3 rings (SSSR count). The van der Waals surface area contributed by atoms with Gasteiger partial charge in [0, 0.05) is 92.9 Å². The van der Waals surface area contributed by atoms with Crippen LogP contribution < -0.4 is 0 Å². The van der Waals surface area contributed by atoms with Crippen molar-refractivity contribution in [3.05, 3.63) is 59.7 Å². The molecule has 0 aliphatic heterocycles. The maximum absolute atomic E-state index is 5.75.